The fourth-order valence-corrected chi connectivity index (χ4v) is 3.69. The number of hydrogen-bond acceptors (Lipinski definition) is 3. The summed E-state index contributed by atoms with van der Waals surface area (Å²) in [5.41, 5.74) is 3.80. The molecule has 0 aromatic heterocycles. The van der Waals surface area contributed by atoms with E-state index in [1.165, 1.54) is 16.7 Å². The summed E-state index contributed by atoms with van der Waals surface area (Å²) in [4.78, 5) is 5.14. The topological polar surface area (TPSA) is 26.7 Å². The van der Waals surface area contributed by atoms with E-state index in [4.69, 9.17) is 0 Å². The highest BCUT2D eigenvalue weighted by molar-refractivity contribution is 5.30. The molecule has 3 rings (SSSR count). The van der Waals surface area contributed by atoms with Gasteiger partial charge in [-0.25, -0.2) is 0 Å². The lowest BCUT2D eigenvalue weighted by atomic mass is 9.96. The van der Waals surface area contributed by atoms with Crippen LogP contribution in [0.4, 0.5) is 0 Å². The van der Waals surface area contributed by atoms with E-state index in [1.807, 2.05) is 12.1 Å². The van der Waals surface area contributed by atoms with Crippen LogP contribution in [0, 0.1) is 0 Å². The van der Waals surface area contributed by atoms with Crippen molar-refractivity contribution >= 4 is 0 Å². The minimum atomic E-state index is 0.346. The first-order valence-corrected chi connectivity index (χ1v) is 9.55. The van der Waals surface area contributed by atoms with Crippen molar-refractivity contribution in [2.75, 3.05) is 32.7 Å². The number of phenols is 1. The Morgan fingerprint density at radius 3 is 2.42 bits per heavy atom. The summed E-state index contributed by atoms with van der Waals surface area (Å²) >= 11 is 0. The molecule has 138 valence electrons. The van der Waals surface area contributed by atoms with Gasteiger partial charge in [-0.05, 0) is 43.0 Å². The Morgan fingerprint density at radius 2 is 1.77 bits per heavy atom. The molecule has 1 aliphatic rings. The lowest BCUT2D eigenvalue weighted by Crippen LogP contribution is -2.48. The minimum Gasteiger partial charge on any atom is -0.508 e. The maximum atomic E-state index is 9.82. The number of piperazine rings is 1. The second kappa shape index (κ2) is 9.02. The summed E-state index contributed by atoms with van der Waals surface area (Å²) in [5.74, 6) is 0.346. The summed E-state index contributed by atoms with van der Waals surface area (Å²) < 4.78 is 0. The number of nitrogens with zero attached hydrogens (tertiary/aromatic N) is 2. The zero-order valence-electron chi connectivity index (χ0n) is 15.8. The van der Waals surface area contributed by atoms with E-state index in [9.17, 15) is 5.11 Å². The van der Waals surface area contributed by atoms with Crippen LogP contribution in [0.5, 0.6) is 5.75 Å². The Morgan fingerprint density at radius 1 is 1.04 bits per heavy atom. The molecule has 1 unspecified atom stereocenters. The fourth-order valence-electron chi connectivity index (χ4n) is 3.69. The predicted octanol–water partition coefficient (Wildman–Crippen LogP) is 4.26. The normalized spacial score (nSPS) is 17.1. The highest BCUT2D eigenvalue weighted by atomic mass is 16.3. The van der Waals surface area contributed by atoms with Gasteiger partial charge in [-0.2, -0.15) is 0 Å². The smallest absolute Gasteiger partial charge is 0.115 e. The highest BCUT2D eigenvalue weighted by Crippen LogP contribution is 2.27. The van der Waals surface area contributed by atoms with Crippen molar-refractivity contribution < 1.29 is 5.11 Å². The van der Waals surface area contributed by atoms with Crippen LogP contribution >= 0.6 is 0 Å². The lowest BCUT2D eigenvalue weighted by molar-refractivity contribution is 0.0961. The fraction of sp³-hybridized carbons (Fsp3) is 0.391. The molecule has 1 atom stereocenters. The summed E-state index contributed by atoms with van der Waals surface area (Å²) in [6.45, 7) is 11.6. The third-order valence-electron chi connectivity index (χ3n) is 5.23. The molecule has 0 spiro atoms. The monoisotopic (exact) mass is 350 g/mol. The molecule has 3 nitrogen and oxygen atoms in total. The molecule has 1 N–H and O–H groups in total. The summed E-state index contributed by atoms with van der Waals surface area (Å²) in [6.07, 6.45) is 2.01. The van der Waals surface area contributed by atoms with Crippen molar-refractivity contribution in [2.24, 2.45) is 0 Å². The van der Waals surface area contributed by atoms with E-state index in [0.717, 1.165) is 45.6 Å². The predicted molar refractivity (Wildman–Crippen MR) is 108 cm³/mol. The van der Waals surface area contributed by atoms with Gasteiger partial charge < -0.3 is 10.0 Å². The lowest BCUT2D eigenvalue weighted by Gasteiger charge is -2.39. The van der Waals surface area contributed by atoms with Crippen LogP contribution in [0.3, 0.4) is 0 Å². The van der Waals surface area contributed by atoms with E-state index >= 15 is 0 Å². The van der Waals surface area contributed by atoms with Crippen molar-refractivity contribution in [2.45, 2.75) is 25.8 Å². The van der Waals surface area contributed by atoms with Gasteiger partial charge in [0.1, 0.15) is 5.75 Å². The molecule has 2 aromatic rings. The van der Waals surface area contributed by atoms with Gasteiger partial charge in [-0.1, -0.05) is 48.0 Å². The third kappa shape index (κ3) is 5.20. The number of benzene rings is 2. The quantitative estimate of drug-likeness (QED) is 0.756. The third-order valence-corrected chi connectivity index (χ3v) is 5.23. The zero-order valence-corrected chi connectivity index (χ0v) is 15.8. The Kier molecular flexibility index (Phi) is 6.48. The standard InChI is InChI=1S/C23H30N2O/c1-19(2)11-12-24-13-15-25(16-14-24)23(21-8-4-3-5-9-21)18-20-7-6-10-22(26)17-20/h3-10,17,23,26H,1,11-16,18H2,2H3. The number of hydrogen-bond donors (Lipinski definition) is 1. The first-order chi connectivity index (χ1) is 12.6. The van der Waals surface area contributed by atoms with Gasteiger partial charge in [0.15, 0.2) is 0 Å². The van der Waals surface area contributed by atoms with E-state index in [2.05, 4.69) is 59.7 Å². The van der Waals surface area contributed by atoms with Gasteiger partial charge in [-0.3, -0.25) is 4.90 Å². The second-order valence-electron chi connectivity index (χ2n) is 7.39. The number of phenolic OH excluding ortho intramolecular Hbond substituents is 1. The van der Waals surface area contributed by atoms with Crippen LogP contribution in [-0.4, -0.2) is 47.6 Å². The van der Waals surface area contributed by atoms with E-state index in [1.54, 1.807) is 6.07 Å². The van der Waals surface area contributed by atoms with E-state index < -0.39 is 0 Å². The second-order valence-corrected chi connectivity index (χ2v) is 7.39. The molecular weight excluding hydrogens is 320 g/mol. The van der Waals surface area contributed by atoms with Gasteiger partial charge in [0, 0.05) is 38.8 Å². The summed E-state index contributed by atoms with van der Waals surface area (Å²) in [7, 11) is 0. The van der Waals surface area contributed by atoms with Crippen LogP contribution in [0.15, 0.2) is 66.7 Å². The van der Waals surface area contributed by atoms with Crippen LogP contribution in [-0.2, 0) is 6.42 Å². The molecular formula is C23H30N2O. The SMILES string of the molecule is C=C(C)CCN1CCN(C(Cc2cccc(O)c2)c2ccccc2)CC1. The summed E-state index contributed by atoms with van der Waals surface area (Å²) in [6, 6.07) is 18.8. The summed E-state index contributed by atoms with van der Waals surface area (Å²) in [5, 5.41) is 9.82. The molecule has 1 fully saturated rings. The largest absolute Gasteiger partial charge is 0.508 e. The molecule has 0 radical (unpaired) electrons. The number of aromatic hydroxyl groups is 1. The highest BCUT2D eigenvalue weighted by Gasteiger charge is 2.25. The molecule has 2 aromatic carbocycles. The van der Waals surface area contributed by atoms with Gasteiger partial charge in [0.05, 0.1) is 0 Å². The maximum absolute atomic E-state index is 9.82. The van der Waals surface area contributed by atoms with Crippen LogP contribution in [0.2, 0.25) is 0 Å². The van der Waals surface area contributed by atoms with Crippen molar-refractivity contribution in [3.8, 4) is 5.75 Å². The zero-order chi connectivity index (χ0) is 18.4. The molecule has 0 saturated carbocycles. The van der Waals surface area contributed by atoms with Gasteiger partial charge in [-0.15, -0.1) is 6.58 Å². The first-order valence-electron chi connectivity index (χ1n) is 9.55. The number of rotatable bonds is 7. The molecule has 1 aliphatic heterocycles. The first kappa shape index (κ1) is 18.7. The van der Waals surface area contributed by atoms with Gasteiger partial charge >= 0.3 is 0 Å². The van der Waals surface area contributed by atoms with Gasteiger partial charge in [0.2, 0.25) is 0 Å². The molecule has 1 saturated heterocycles. The van der Waals surface area contributed by atoms with E-state index in [-0.39, 0.29) is 0 Å². The minimum absolute atomic E-state index is 0.346. The Labute approximate surface area is 157 Å². The Balaban J connectivity index is 1.69. The van der Waals surface area contributed by atoms with Crippen molar-refractivity contribution in [3.63, 3.8) is 0 Å². The van der Waals surface area contributed by atoms with Gasteiger partial charge in [0.25, 0.3) is 0 Å². The molecule has 0 aliphatic carbocycles. The molecule has 1 heterocycles. The van der Waals surface area contributed by atoms with Crippen LogP contribution < -0.4 is 0 Å². The average Bonchev–Trinajstić information content (AvgIpc) is 2.66. The molecule has 3 heteroatoms. The maximum Gasteiger partial charge on any atom is 0.115 e. The Bertz CT molecular complexity index is 705. The average molecular weight is 351 g/mol. The van der Waals surface area contributed by atoms with Crippen molar-refractivity contribution in [3.05, 3.63) is 77.9 Å². The van der Waals surface area contributed by atoms with Crippen LogP contribution in [0.25, 0.3) is 0 Å². The van der Waals surface area contributed by atoms with Crippen molar-refractivity contribution in [1.82, 2.24) is 9.80 Å². The van der Waals surface area contributed by atoms with E-state index in [0.29, 0.717) is 11.8 Å². The van der Waals surface area contributed by atoms with Crippen LogP contribution in [0.1, 0.15) is 30.5 Å². The van der Waals surface area contributed by atoms with Crippen molar-refractivity contribution in [1.29, 1.82) is 0 Å². The molecule has 0 amide bonds. The Hall–Kier alpha value is -2.10. The molecule has 26 heavy (non-hydrogen) atoms. The molecule has 0 bridgehead atoms.